The first-order valence-corrected chi connectivity index (χ1v) is 7.65. The van der Waals surface area contributed by atoms with Gasteiger partial charge in [0, 0.05) is 23.9 Å². The van der Waals surface area contributed by atoms with Crippen LogP contribution < -0.4 is 4.90 Å². The average Bonchev–Trinajstić information content (AvgIpc) is 2.52. The van der Waals surface area contributed by atoms with E-state index in [1.807, 2.05) is 19.9 Å². The fraction of sp³-hybridized carbons (Fsp3) is 0.467. The summed E-state index contributed by atoms with van der Waals surface area (Å²) in [6.07, 6.45) is -0.180. The van der Waals surface area contributed by atoms with Crippen LogP contribution in [0.1, 0.15) is 30.0 Å². The van der Waals surface area contributed by atoms with Gasteiger partial charge in [-0.15, -0.1) is 0 Å². The van der Waals surface area contributed by atoms with Gasteiger partial charge < -0.3 is 10.0 Å². The minimum Gasteiger partial charge on any atom is -0.375 e. The van der Waals surface area contributed by atoms with Crippen LogP contribution in [0.2, 0.25) is 0 Å². The van der Waals surface area contributed by atoms with Crippen molar-refractivity contribution in [3.05, 3.63) is 28.8 Å². The summed E-state index contributed by atoms with van der Waals surface area (Å²) in [5.41, 5.74) is 1.48. The highest BCUT2D eigenvalue weighted by molar-refractivity contribution is 9.09. The first-order chi connectivity index (χ1) is 9.31. The number of aryl methyl sites for hydroxylation is 2. The van der Waals surface area contributed by atoms with E-state index in [1.54, 1.807) is 11.0 Å². The summed E-state index contributed by atoms with van der Waals surface area (Å²) in [6, 6.07) is 3.78. The molecule has 0 saturated carbocycles. The third-order valence-corrected chi connectivity index (χ3v) is 3.93. The molecule has 0 spiro atoms. The molecule has 4 nitrogen and oxygen atoms in total. The van der Waals surface area contributed by atoms with Crippen LogP contribution in [0.15, 0.2) is 12.1 Å². The normalized spacial score (nSPS) is 21.2. The van der Waals surface area contributed by atoms with E-state index >= 15 is 0 Å². The summed E-state index contributed by atoms with van der Waals surface area (Å²) in [7, 11) is 0. The van der Waals surface area contributed by atoms with Crippen molar-refractivity contribution in [1.29, 1.82) is 0 Å². The molecule has 1 atom stereocenters. The van der Waals surface area contributed by atoms with Gasteiger partial charge in [-0.3, -0.25) is 9.59 Å². The third kappa shape index (κ3) is 2.29. The monoisotopic (exact) mass is 339 g/mol. The number of halogens is 1. The molecule has 2 rings (SSSR count). The van der Waals surface area contributed by atoms with Crippen molar-refractivity contribution < 1.29 is 14.7 Å². The lowest BCUT2D eigenvalue weighted by Gasteiger charge is -2.21. The summed E-state index contributed by atoms with van der Waals surface area (Å²) in [5.74, 6) is -0.609. The number of rotatable bonds is 4. The fourth-order valence-corrected chi connectivity index (χ4v) is 3.26. The van der Waals surface area contributed by atoms with Gasteiger partial charge in [-0.2, -0.15) is 0 Å². The molecule has 1 heterocycles. The lowest BCUT2D eigenvalue weighted by molar-refractivity contribution is -0.141. The van der Waals surface area contributed by atoms with Gasteiger partial charge >= 0.3 is 0 Å². The quantitative estimate of drug-likeness (QED) is 0.855. The number of benzene rings is 1. The number of fused-ring (bicyclic) bond motifs is 1. The molecule has 1 amide bonds. The molecule has 1 unspecified atom stereocenters. The molecule has 0 aromatic heterocycles. The van der Waals surface area contributed by atoms with E-state index in [-0.39, 0.29) is 12.2 Å². The Labute approximate surface area is 126 Å². The predicted molar refractivity (Wildman–Crippen MR) is 81.3 cm³/mol. The van der Waals surface area contributed by atoms with Gasteiger partial charge in [-0.1, -0.05) is 33.6 Å². The zero-order chi connectivity index (χ0) is 15.1. The van der Waals surface area contributed by atoms with E-state index in [9.17, 15) is 14.7 Å². The smallest absolute Gasteiger partial charge is 0.264 e. The molecule has 5 heteroatoms. The van der Waals surface area contributed by atoms with Crippen molar-refractivity contribution in [3.63, 3.8) is 0 Å². The number of anilines is 1. The number of amides is 1. The maximum absolute atomic E-state index is 12.6. The van der Waals surface area contributed by atoms with Crippen molar-refractivity contribution in [3.8, 4) is 0 Å². The van der Waals surface area contributed by atoms with Crippen LogP contribution in [0.25, 0.3) is 0 Å². The summed E-state index contributed by atoms with van der Waals surface area (Å²) in [6.45, 7) is 5.69. The molecule has 20 heavy (non-hydrogen) atoms. The molecule has 1 aliphatic heterocycles. The molecule has 108 valence electrons. The SMILES string of the molecule is CC(=O)CC1(O)C(=O)N(CCBr)c2c(C)cc(C)cc21. The van der Waals surface area contributed by atoms with Crippen LogP contribution in [-0.2, 0) is 15.2 Å². The number of aliphatic hydroxyl groups is 1. The van der Waals surface area contributed by atoms with Crippen LogP contribution in [0.5, 0.6) is 0 Å². The number of hydrogen-bond donors (Lipinski definition) is 1. The number of carbonyl (C=O) groups is 2. The van der Waals surface area contributed by atoms with Gasteiger partial charge in [0.05, 0.1) is 5.69 Å². The van der Waals surface area contributed by atoms with Crippen LogP contribution in [0, 0.1) is 13.8 Å². The Kier molecular flexibility index (Phi) is 4.02. The van der Waals surface area contributed by atoms with Crippen LogP contribution in [-0.4, -0.2) is 28.7 Å². The zero-order valence-electron chi connectivity index (χ0n) is 11.9. The van der Waals surface area contributed by atoms with E-state index in [4.69, 9.17) is 0 Å². The van der Waals surface area contributed by atoms with Crippen LogP contribution in [0.3, 0.4) is 0 Å². The number of nitrogens with zero attached hydrogens (tertiary/aromatic N) is 1. The Morgan fingerprint density at radius 1 is 1.40 bits per heavy atom. The maximum Gasteiger partial charge on any atom is 0.264 e. The van der Waals surface area contributed by atoms with Crippen LogP contribution >= 0.6 is 15.9 Å². The number of ketones is 1. The topological polar surface area (TPSA) is 57.6 Å². The Morgan fingerprint density at radius 2 is 2.05 bits per heavy atom. The second-order valence-corrected chi connectivity index (χ2v) is 6.16. The highest BCUT2D eigenvalue weighted by atomic mass is 79.9. The minimum atomic E-state index is -1.72. The van der Waals surface area contributed by atoms with Crippen molar-refractivity contribution in [1.82, 2.24) is 0 Å². The fourth-order valence-electron chi connectivity index (χ4n) is 2.90. The molecule has 0 fully saturated rings. The Morgan fingerprint density at radius 3 is 2.60 bits per heavy atom. The molecule has 1 N–H and O–H groups in total. The Bertz CT molecular complexity index is 585. The summed E-state index contributed by atoms with van der Waals surface area (Å²) >= 11 is 3.32. The molecule has 0 bridgehead atoms. The van der Waals surface area contributed by atoms with Gasteiger partial charge in [0.25, 0.3) is 5.91 Å². The molecule has 1 aliphatic rings. The second-order valence-electron chi connectivity index (χ2n) is 5.36. The Hall–Kier alpha value is -1.20. The largest absolute Gasteiger partial charge is 0.375 e. The molecular weight excluding hydrogens is 322 g/mol. The standard InChI is InChI=1S/C15H18BrNO3/c1-9-6-10(2)13-12(7-9)15(20,8-11(3)18)14(19)17(13)5-4-16/h6-7,20H,4-5,8H2,1-3H3. The van der Waals surface area contributed by atoms with E-state index in [0.29, 0.717) is 17.4 Å². The first-order valence-electron chi connectivity index (χ1n) is 6.52. The van der Waals surface area contributed by atoms with Gasteiger partial charge in [-0.25, -0.2) is 0 Å². The maximum atomic E-state index is 12.6. The van der Waals surface area contributed by atoms with Crippen molar-refractivity contribution >= 4 is 33.3 Å². The van der Waals surface area contributed by atoms with Crippen molar-refractivity contribution in [2.24, 2.45) is 0 Å². The van der Waals surface area contributed by atoms with E-state index < -0.39 is 11.5 Å². The molecule has 0 radical (unpaired) electrons. The molecule has 0 aliphatic carbocycles. The summed E-state index contributed by atoms with van der Waals surface area (Å²) < 4.78 is 0. The number of hydrogen-bond acceptors (Lipinski definition) is 3. The van der Waals surface area contributed by atoms with Crippen molar-refractivity contribution in [2.45, 2.75) is 32.8 Å². The summed E-state index contributed by atoms with van der Waals surface area (Å²) in [5, 5.41) is 11.4. The van der Waals surface area contributed by atoms with E-state index in [0.717, 1.165) is 16.8 Å². The average molecular weight is 340 g/mol. The molecular formula is C15H18BrNO3. The van der Waals surface area contributed by atoms with Crippen molar-refractivity contribution in [2.75, 3.05) is 16.8 Å². The highest BCUT2D eigenvalue weighted by Gasteiger charge is 2.50. The predicted octanol–water partition coefficient (Wildman–Crippen LogP) is 2.21. The van der Waals surface area contributed by atoms with Gasteiger partial charge in [0.15, 0.2) is 5.60 Å². The van der Waals surface area contributed by atoms with E-state index in [1.165, 1.54) is 6.92 Å². The molecule has 1 aromatic carbocycles. The van der Waals surface area contributed by atoms with E-state index in [2.05, 4.69) is 15.9 Å². The zero-order valence-corrected chi connectivity index (χ0v) is 13.5. The second kappa shape index (κ2) is 5.30. The van der Waals surface area contributed by atoms with Gasteiger partial charge in [-0.05, 0) is 26.3 Å². The Balaban J connectivity index is 2.65. The molecule has 1 aromatic rings. The number of carbonyl (C=O) groups excluding carboxylic acids is 2. The molecule has 0 saturated heterocycles. The number of Topliss-reactive ketones (excluding diaryl/α,β-unsaturated/α-hetero) is 1. The third-order valence-electron chi connectivity index (χ3n) is 3.57. The lowest BCUT2D eigenvalue weighted by atomic mass is 9.88. The number of alkyl halides is 1. The van der Waals surface area contributed by atoms with Gasteiger partial charge in [0.2, 0.25) is 0 Å². The first kappa shape index (κ1) is 15.2. The highest BCUT2D eigenvalue weighted by Crippen LogP contribution is 2.44. The van der Waals surface area contributed by atoms with Crippen LogP contribution in [0.4, 0.5) is 5.69 Å². The summed E-state index contributed by atoms with van der Waals surface area (Å²) in [4.78, 5) is 25.6. The lowest BCUT2D eigenvalue weighted by Crippen LogP contribution is -2.42. The minimum absolute atomic E-state index is 0.180. The van der Waals surface area contributed by atoms with Gasteiger partial charge in [0.1, 0.15) is 5.78 Å².